The summed E-state index contributed by atoms with van der Waals surface area (Å²) in [6.45, 7) is 5.54. The first-order chi connectivity index (χ1) is 10.6. The van der Waals surface area contributed by atoms with Gasteiger partial charge in [0, 0.05) is 25.2 Å². The Hall–Kier alpha value is -1.92. The van der Waals surface area contributed by atoms with Crippen LogP contribution in [0.5, 0.6) is 0 Å². The zero-order valence-electron chi connectivity index (χ0n) is 13.2. The molecule has 23 heavy (non-hydrogen) atoms. The van der Waals surface area contributed by atoms with E-state index in [1.807, 2.05) is 17.9 Å². The number of hydrogen-bond acceptors (Lipinski definition) is 4. The molecule has 2 unspecified atom stereocenters. The number of carbonyl (C=O) groups excluding carboxylic acids is 1. The third-order valence-electron chi connectivity index (χ3n) is 4.12. The van der Waals surface area contributed by atoms with Gasteiger partial charge in [-0.3, -0.25) is 14.2 Å². The third-order valence-corrected chi connectivity index (χ3v) is 4.12. The molecule has 1 N–H and O–H groups in total. The number of nitrogens with one attached hydrogen (secondary N) is 1. The lowest BCUT2D eigenvalue weighted by atomic mass is 10.1. The molecule has 1 aliphatic heterocycles. The van der Waals surface area contributed by atoms with Crippen LogP contribution < -0.4 is 10.9 Å². The quantitative estimate of drug-likeness (QED) is 0.889. The molecule has 0 saturated carbocycles. The highest BCUT2D eigenvalue weighted by Crippen LogP contribution is 2.09. The monoisotopic (exact) mass is 336 g/mol. The molecule has 1 fully saturated rings. The summed E-state index contributed by atoms with van der Waals surface area (Å²) in [5, 5.41) is 3.88. The van der Waals surface area contributed by atoms with E-state index in [2.05, 4.69) is 17.2 Å². The van der Waals surface area contributed by atoms with E-state index >= 15 is 0 Å². The molecule has 0 aliphatic carbocycles. The van der Waals surface area contributed by atoms with Crippen molar-refractivity contribution in [2.75, 3.05) is 13.1 Å². The maximum absolute atomic E-state index is 12.5. The van der Waals surface area contributed by atoms with Crippen molar-refractivity contribution in [3.8, 4) is 0 Å². The second kappa shape index (κ2) is 7.10. The van der Waals surface area contributed by atoms with Gasteiger partial charge in [-0.2, -0.15) is 0 Å². The normalized spacial score (nSPS) is 21.0. The van der Waals surface area contributed by atoms with Crippen LogP contribution in [-0.2, 0) is 11.3 Å². The molecule has 1 amide bonds. The molecule has 7 heteroatoms. The first kappa shape index (κ1) is 17.4. The fourth-order valence-electron chi connectivity index (χ4n) is 2.82. The zero-order chi connectivity index (χ0) is 15.7. The third kappa shape index (κ3) is 3.54. The molecular formula is C16H21ClN4O2. The van der Waals surface area contributed by atoms with Gasteiger partial charge < -0.3 is 10.2 Å². The van der Waals surface area contributed by atoms with E-state index in [0.29, 0.717) is 17.4 Å². The largest absolute Gasteiger partial charge is 0.336 e. The molecule has 2 aromatic rings. The van der Waals surface area contributed by atoms with Crippen LogP contribution in [0.2, 0.25) is 0 Å². The van der Waals surface area contributed by atoms with Crippen molar-refractivity contribution in [2.45, 2.75) is 32.5 Å². The molecule has 0 bridgehead atoms. The summed E-state index contributed by atoms with van der Waals surface area (Å²) >= 11 is 0. The summed E-state index contributed by atoms with van der Waals surface area (Å²) in [4.78, 5) is 31.0. The average Bonchev–Trinajstić information content (AvgIpc) is 2.52. The summed E-state index contributed by atoms with van der Waals surface area (Å²) < 4.78 is 1.39. The van der Waals surface area contributed by atoms with Gasteiger partial charge in [0.05, 0.1) is 17.2 Å². The van der Waals surface area contributed by atoms with E-state index in [4.69, 9.17) is 0 Å². The van der Waals surface area contributed by atoms with Crippen molar-refractivity contribution in [3.05, 3.63) is 40.9 Å². The lowest BCUT2D eigenvalue weighted by Crippen LogP contribution is -2.57. The maximum atomic E-state index is 12.5. The van der Waals surface area contributed by atoms with E-state index in [9.17, 15) is 9.59 Å². The van der Waals surface area contributed by atoms with Gasteiger partial charge in [-0.15, -0.1) is 12.4 Å². The van der Waals surface area contributed by atoms with Gasteiger partial charge in [-0.25, -0.2) is 4.98 Å². The Bertz CT molecular complexity index is 761. The van der Waals surface area contributed by atoms with Crippen molar-refractivity contribution in [1.82, 2.24) is 19.8 Å². The second-order valence-corrected chi connectivity index (χ2v) is 5.90. The molecule has 1 saturated heterocycles. The van der Waals surface area contributed by atoms with Crippen LogP contribution in [-0.4, -0.2) is 45.5 Å². The summed E-state index contributed by atoms with van der Waals surface area (Å²) in [5.41, 5.74) is 0.482. The lowest BCUT2D eigenvalue weighted by molar-refractivity contribution is -0.135. The molecule has 3 rings (SSSR count). The Morgan fingerprint density at radius 3 is 2.87 bits per heavy atom. The van der Waals surface area contributed by atoms with Crippen LogP contribution in [0, 0.1) is 0 Å². The molecule has 1 aromatic carbocycles. The Labute approximate surface area is 140 Å². The first-order valence-corrected chi connectivity index (χ1v) is 7.53. The number of amides is 1. The number of piperazine rings is 1. The van der Waals surface area contributed by atoms with E-state index in [1.54, 1.807) is 18.2 Å². The number of hydrogen-bond donors (Lipinski definition) is 1. The molecule has 2 atom stereocenters. The predicted octanol–water partition coefficient (Wildman–Crippen LogP) is 1.03. The fourth-order valence-corrected chi connectivity index (χ4v) is 2.82. The SMILES string of the molecule is CC1CN(C(=O)Cn2cnc3ccccc3c2=O)C(C)CN1.Cl. The Balaban J connectivity index is 0.00000192. The van der Waals surface area contributed by atoms with Crippen molar-refractivity contribution >= 4 is 29.2 Å². The van der Waals surface area contributed by atoms with Crippen molar-refractivity contribution < 1.29 is 4.79 Å². The molecule has 124 valence electrons. The number of para-hydroxylation sites is 1. The highest BCUT2D eigenvalue weighted by Gasteiger charge is 2.26. The molecular weight excluding hydrogens is 316 g/mol. The number of nitrogens with zero attached hydrogens (tertiary/aromatic N) is 3. The van der Waals surface area contributed by atoms with Crippen LogP contribution in [0.25, 0.3) is 10.9 Å². The van der Waals surface area contributed by atoms with Crippen LogP contribution in [0.3, 0.4) is 0 Å². The van der Waals surface area contributed by atoms with Crippen LogP contribution in [0.1, 0.15) is 13.8 Å². The summed E-state index contributed by atoms with van der Waals surface area (Å²) in [5.74, 6) is -0.0416. The van der Waals surface area contributed by atoms with Gasteiger partial charge in [0.2, 0.25) is 5.91 Å². The minimum atomic E-state index is -0.171. The lowest BCUT2D eigenvalue weighted by Gasteiger charge is -2.37. The van der Waals surface area contributed by atoms with Crippen molar-refractivity contribution in [3.63, 3.8) is 0 Å². The van der Waals surface area contributed by atoms with Crippen LogP contribution in [0.15, 0.2) is 35.4 Å². The van der Waals surface area contributed by atoms with Gasteiger partial charge in [0.1, 0.15) is 6.54 Å². The maximum Gasteiger partial charge on any atom is 0.261 e. The Kier molecular flexibility index (Phi) is 5.38. The van der Waals surface area contributed by atoms with Gasteiger partial charge in [-0.1, -0.05) is 12.1 Å². The number of fused-ring (bicyclic) bond motifs is 1. The Morgan fingerprint density at radius 1 is 1.35 bits per heavy atom. The van der Waals surface area contributed by atoms with E-state index < -0.39 is 0 Å². The van der Waals surface area contributed by atoms with E-state index in [0.717, 1.165) is 6.54 Å². The van der Waals surface area contributed by atoms with Gasteiger partial charge in [0.25, 0.3) is 5.56 Å². The number of carbonyl (C=O) groups is 1. The zero-order valence-corrected chi connectivity index (χ0v) is 14.0. The minimum absolute atomic E-state index is 0. The first-order valence-electron chi connectivity index (χ1n) is 7.53. The second-order valence-electron chi connectivity index (χ2n) is 5.90. The van der Waals surface area contributed by atoms with Crippen LogP contribution in [0.4, 0.5) is 0 Å². The predicted molar refractivity (Wildman–Crippen MR) is 91.9 cm³/mol. The summed E-state index contributed by atoms with van der Waals surface area (Å²) in [6, 6.07) is 7.58. The van der Waals surface area contributed by atoms with E-state index in [-0.39, 0.29) is 42.5 Å². The molecule has 0 radical (unpaired) electrons. The molecule has 0 spiro atoms. The van der Waals surface area contributed by atoms with Crippen LogP contribution >= 0.6 is 12.4 Å². The molecule has 2 heterocycles. The highest BCUT2D eigenvalue weighted by molar-refractivity contribution is 5.85. The minimum Gasteiger partial charge on any atom is -0.336 e. The molecule has 1 aliphatic rings. The smallest absolute Gasteiger partial charge is 0.261 e. The molecule has 1 aromatic heterocycles. The number of aromatic nitrogens is 2. The number of benzene rings is 1. The Morgan fingerprint density at radius 2 is 2.09 bits per heavy atom. The number of rotatable bonds is 2. The number of halogens is 1. The standard InChI is InChI=1S/C16H20N4O2.ClH/c1-11-8-20(12(2)7-17-11)15(21)9-19-10-18-14-6-4-3-5-13(14)16(19)22;/h3-6,10-12,17H,7-9H2,1-2H3;1H. The van der Waals surface area contributed by atoms with Gasteiger partial charge in [0.15, 0.2) is 0 Å². The van der Waals surface area contributed by atoms with Crippen molar-refractivity contribution in [2.24, 2.45) is 0 Å². The molecule has 6 nitrogen and oxygen atoms in total. The topological polar surface area (TPSA) is 67.2 Å². The van der Waals surface area contributed by atoms with Crippen molar-refractivity contribution in [1.29, 1.82) is 0 Å². The van der Waals surface area contributed by atoms with E-state index in [1.165, 1.54) is 10.9 Å². The average molecular weight is 337 g/mol. The summed E-state index contributed by atoms with van der Waals surface area (Å²) in [6.07, 6.45) is 1.46. The summed E-state index contributed by atoms with van der Waals surface area (Å²) in [7, 11) is 0. The highest BCUT2D eigenvalue weighted by atomic mass is 35.5. The van der Waals surface area contributed by atoms with Gasteiger partial charge in [-0.05, 0) is 26.0 Å². The van der Waals surface area contributed by atoms with Gasteiger partial charge >= 0.3 is 0 Å². The fraction of sp³-hybridized carbons (Fsp3) is 0.438.